The quantitative estimate of drug-likeness (QED) is 0.306. The second-order valence-corrected chi connectivity index (χ2v) is 10.2. The lowest BCUT2D eigenvalue weighted by atomic mass is 10.1. The smallest absolute Gasteiger partial charge is 0.208 e. The fraction of sp³-hybridized carbons (Fsp3) is 0.161. The Labute approximate surface area is 231 Å². The molecule has 0 radical (unpaired) electrons. The number of aromatic nitrogens is 7. The Balaban J connectivity index is 1.60. The van der Waals surface area contributed by atoms with E-state index in [2.05, 4.69) is 101 Å². The van der Waals surface area contributed by atoms with Crippen molar-refractivity contribution in [2.75, 3.05) is 9.80 Å². The van der Waals surface area contributed by atoms with Crippen LogP contribution >= 0.6 is 0 Å². The largest absolute Gasteiger partial charge is 0.276 e. The summed E-state index contributed by atoms with van der Waals surface area (Å²) in [6.07, 6.45) is 4.14. The summed E-state index contributed by atoms with van der Waals surface area (Å²) in [4.78, 5) is 14.9. The van der Waals surface area contributed by atoms with Gasteiger partial charge >= 0.3 is 0 Å². The molecule has 1 aliphatic heterocycles. The first kappa shape index (κ1) is 23.9. The highest BCUT2D eigenvalue weighted by molar-refractivity contribution is 5.95. The minimum atomic E-state index is 0.615. The van der Waals surface area contributed by atoms with Gasteiger partial charge in [-0.3, -0.25) is 9.80 Å². The van der Waals surface area contributed by atoms with Gasteiger partial charge in [0.1, 0.15) is 5.82 Å². The van der Waals surface area contributed by atoms with Crippen LogP contribution in [-0.4, -0.2) is 35.2 Å². The summed E-state index contributed by atoms with van der Waals surface area (Å²) >= 11 is 0. The van der Waals surface area contributed by atoms with Crippen LogP contribution in [-0.2, 0) is 0 Å². The van der Waals surface area contributed by atoms with Crippen LogP contribution in [0.2, 0.25) is 0 Å². The molecule has 0 unspecified atom stereocenters. The maximum atomic E-state index is 5.20. The molecule has 7 rings (SSSR count). The average molecular weight is 526 g/mol. The summed E-state index contributed by atoms with van der Waals surface area (Å²) in [6, 6.07) is 20.7. The van der Waals surface area contributed by atoms with Crippen molar-refractivity contribution < 1.29 is 0 Å². The van der Waals surface area contributed by atoms with Gasteiger partial charge < -0.3 is 0 Å². The summed E-state index contributed by atoms with van der Waals surface area (Å²) in [6.45, 7) is 10.5. The number of para-hydroxylation sites is 4. The molecule has 0 bridgehead atoms. The van der Waals surface area contributed by atoms with Crippen LogP contribution in [0, 0.1) is 34.6 Å². The number of hydrogen-bond donors (Lipinski definition) is 0. The molecule has 3 aromatic carbocycles. The molecule has 0 fully saturated rings. The van der Waals surface area contributed by atoms with E-state index in [0.717, 1.165) is 73.0 Å². The van der Waals surface area contributed by atoms with E-state index >= 15 is 0 Å². The van der Waals surface area contributed by atoms with Crippen LogP contribution in [0.25, 0.3) is 22.8 Å². The molecule has 196 valence electrons. The minimum absolute atomic E-state index is 0.615. The predicted octanol–water partition coefficient (Wildman–Crippen LogP) is 5.34. The molecule has 0 spiro atoms. The number of anilines is 4. The number of fused-ring (bicyclic) bond motifs is 3. The van der Waals surface area contributed by atoms with E-state index in [4.69, 9.17) is 9.97 Å². The number of rotatable bonds is 3. The molecule has 0 saturated carbocycles. The van der Waals surface area contributed by atoms with Crippen molar-refractivity contribution >= 4 is 45.8 Å². The number of nitrogens with zero attached hydrogens (tertiary/aromatic N) is 9. The van der Waals surface area contributed by atoms with Gasteiger partial charge in [0.2, 0.25) is 5.65 Å². The summed E-state index contributed by atoms with van der Waals surface area (Å²) in [5.74, 6) is 2.47. The van der Waals surface area contributed by atoms with Crippen LogP contribution in [0.15, 0.2) is 72.6 Å². The van der Waals surface area contributed by atoms with Gasteiger partial charge in [-0.2, -0.15) is 5.10 Å². The summed E-state index contributed by atoms with van der Waals surface area (Å²) in [7, 11) is 0. The van der Waals surface area contributed by atoms with Crippen LogP contribution in [0.3, 0.4) is 0 Å². The van der Waals surface area contributed by atoms with Crippen molar-refractivity contribution in [3.63, 3.8) is 0 Å². The van der Waals surface area contributed by atoms with E-state index < -0.39 is 0 Å². The topological polar surface area (TPSA) is 88.2 Å². The normalized spacial score (nSPS) is 13.6. The van der Waals surface area contributed by atoms with E-state index in [-0.39, 0.29) is 0 Å². The lowest BCUT2D eigenvalue weighted by Crippen LogP contribution is -2.24. The Kier molecular flexibility index (Phi) is 5.34. The van der Waals surface area contributed by atoms with E-state index in [1.165, 1.54) is 4.63 Å². The SMILES string of the molecule is Cc1cccc(C)c1N1C(=C/C=c2/c(C)nn3nnnc23)N(c2c(C)cccc2C)c2nc3ccccc3nc21. The lowest BCUT2D eigenvalue weighted by Gasteiger charge is -2.28. The van der Waals surface area contributed by atoms with Gasteiger partial charge in [-0.15, -0.1) is 9.73 Å². The first-order chi connectivity index (χ1) is 19.4. The van der Waals surface area contributed by atoms with Gasteiger partial charge in [0.25, 0.3) is 0 Å². The molecule has 1 aliphatic rings. The number of benzene rings is 3. The van der Waals surface area contributed by atoms with Gasteiger partial charge in [0, 0.05) is 5.22 Å². The maximum absolute atomic E-state index is 5.20. The van der Waals surface area contributed by atoms with E-state index in [1.54, 1.807) is 0 Å². The second-order valence-electron chi connectivity index (χ2n) is 10.2. The summed E-state index contributed by atoms with van der Waals surface area (Å²) in [5.41, 5.74) is 9.86. The molecule has 9 nitrogen and oxygen atoms in total. The molecular formula is C31H27N9. The van der Waals surface area contributed by atoms with Gasteiger partial charge in [-0.1, -0.05) is 48.5 Å². The van der Waals surface area contributed by atoms with Crippen LogP contribution in [0.1, 0.15) is 27.9 Å². The van der Waals surface area contributed by atoms with Crippen molar-refractivity contribution in [2.45, 2.75) is 34.6 Å². The van der Waals surface area contributed by atoms with Gasteiger partial charge in [-0.25, -0.2) is 9.97 Å². The van der Waals surface area contributed by atoms with Crippen LogP contribution < -0.4 is 15.0 Å². The Morgan fingerprint density at radius 1 is 0.625 bits per heavy atom. The first-order valence-electron chi connectivity index (χ1n) is 13.2. The fourth-order valence-corrected chi connectivity index (χ4v) is 5.63. The molecule has 0 aliphatic carbocycles. The molecule has 3 aromatic heterocycles. The molecular weight excluding hydrogens is 498 g/mol. The molecule has 0 N–H and O–H groups in total. The van der Waals surface area contributed by atoms with Crippen molar-refractivity contribution in [3.05, 3.63) is 106 Å². The molecule has 0 atom stereocenters. The Morgan fingerprint density at radius 3 is 1.68 bits per heavy atom. The van der Waals surface area contributed by atoms with E-state index in [1.807, 2.05) is 37.3 Å². The van der Waals surface area contributed by atoms with Crippen molar-refractivity contribution in [1.82, 2.24) is 35.2 Å². The highest BCUT2D eigenvalue weighted by Crippen LogP contribution is 2.51. The zero-order valence-corrected chi connectivity index (χ0v) is 23.0. The van der Waals surface area contributed by atoms with Gasteiger partial charge in [0.05, 0.1) is 28.1 Å². The van der Waals surface area contributed by atoms with Crippen LogP contribution in [0.4, 0.5) is 23.0 Å². The highest BCUT2D eigenvalue weighted by atomic mass is 15.6. The highest BCUT2D eigenvalue weighted by Gasteiger charge is 2.38. The third kappa shape index (κ3) is 3.54. The van der Waals surface area contributed by atoms with E-state index in [0.29, 0.717) is 5.65 Å². The van der Waals surface area contributed by atoms with Crippen molar-refractivity contribution in [2.24, 2.45) is 0 Å². The standard InChI is InChI=1S/C31H27N9/c1-18-10-8-11-19(2)27(18)38-26(17-16-23-22(5)35-40-29(23)34-36-37-40)39(28-20(3)12-9-13-21(28)4)31-30(38)32-24-14-6-7-15-25(24)33-31/h6-17H,1-5H3/b23-16-. The Morgan fingerprint density at radius 2 is 1.15 bits per heavy atom. The van der Waals surface area contributed by atoms with Gasteiger partial charge in [-0.05, 0) is 91.6 Å². The first-order valence-corrected chi connectivity index (χ1v) is 13.2. The molecule has 0 saturated heterocycles. The van der Waals surface area contributed by atoms with Gasteiger partial charge in [0.15, 0.2) is 11.6 Å². The fourth-order valence-electron chi connectivity index (χ4n) is 5.63. The minimum Gasteiger partial charge on any atom is -0.276 e. The summed E-state index contributed by atoms with van der Waals surface area (Å²) in [5, 5.41) is 17.3. The average Bonchev–Trinajstić information content (AvgIpc) is 3.58. The third-order valence-corrected chi connectivity index (χ3v) is 7.47. The predicted molar refractivity (Wildman–Crippen MR) is 157 cm³/mol. The maximum Gasteiger partial charge on any atom is 0.208 e. The number of tetrazole rings is 1. The Hall–Kier alpha value is -5.18. The second kappa shape index (κ2) is 8.94. The molecule has 9 heteroatoms. The van der Waals surface area contributed by atoms with E-state index in [9.17, 15) is 0 Å². The third-order valence-electron chi connectivity index (χ3n) is 7.47. The molecule has 0 amide bonds. The van der Waals surface area contributed by atoms with Crippen molar-refractivity contribution in [3.8, 4) is 0 Å². The molecule has 6 aromatic rings. The zero-order chi connectivity index (χ0) is 27.5. The van der Waals surface area contributed by atoms with Crippen molar-refractivity contribution in [1.29, 1.82) is 0 Å². The number of aryl methyl sites for hydroxylation is 5. The molecule has 40 heavy (non-hydrogen) atoms. The number of hydrogen-bond acceptors (Lipinski definition) is 8. The lowest BCUT2D eigenvalue weighted by molar-refractivity contribution is 0.734. The van der Waals surface area contributed by atoms with Crippen LogP contribution in [0.5, 0.6) is 0 Å². The number of allylic oxidation sites excluding steroid dienone is 1. The monoisotopic (exact) mass is 525 g/mol. The Bertz CT molecular complexity index is 1900. The zero-order valence-electron chi connectivity index (χ0n) is 23.0. The molecule has 4 heterocycles. The summed E-state index contributed by atoms with van der Waals surface area (Å²) < 4.78 is 1.46.